The van der Waals surface area contributed by atoms with E-state index in [1.807, 2.05) is 0 Å². The first-order chi connectivity index (χ1) is 8.87. The zero-order valence-corrected chi connectivity index (χ0v) is 11.3. The van der Waals surface area contributed by atoms with Gasteiger partial charge in [0.25, 0.3) is 0 Å². The van der Waals surface area contributed by atoms with Gasteiger partial charge in [0, 0.05) is 0 Å². The Balaban J connectivity index is 5.06. The maximum atomic E-state index is 11.5. The first kappa shape index (κ1) is 19.3. The summed E-state index contributed by atoms with van der Waals surface area (Å²) in [6.07, 6.45) is -4.56. The molecule has 0 aliphatic carbocycles. The Morgan fingerprint density at radius 1 is 1.15 bits per heavy atom. The molecular weight excluding hydrogens is 326 g/mol. The third-order valence-corrected chi connectivity index (χ3v) is 2.69. The van der Waals surface area contributed by atoms with Gasteiger partial charge >= 0.3 is 20.8 Å². The number of carbonyl (C=O) groups excluding carboxylic acids is 1. The normalized spacial score (nSPS) is 17.4. The van der Waals surface area contributed by atoms with Crippen LogP contribution < -0.4 is 5.73 Å². The van der Waals surface area contributed by atoms with Gasteiger partial charge in [-0.2, -0.15) is 16.8 Å². The Morgan fingerprint density at radius 2 is 1.65 bits per heavy atom. The second-order valence-electron chi connectivity index (χ2n) is 3.42. The lowest BCUT2D eigenvalue weighted by molar-refractivity contribution is -0.134. The number of rotatable bonds is 9. The van der Waals surface area contributed by atoms with Crippen LogP contribution in [0.1, 0.15) is 0 Å². The van der Waals surface area contributed by atoms with Crippen LogP contribution in [0.3, 0.4) is 0 Å². The molecular formula is C6H13NO11S2. The Hall–Kier alpha value is -0.710. The Kier molecular flexibility index (Phi) is 7.08. The highest BCUT2D eigenvalue weighted by Gasteiger charge is 2.36. The van der Waals surface area contributed by atoms with Crippen LogP contribution in [-0.2, 0) is 34.0 Å². The molecule has 0 bridgehead atoms. The maximum Gasteiger partial charge on any atom is 0.398 e. The van der Waals surface area contributed by atoms with Crippen molar-refractivity contribution in [1.82, 2.24) is 0 Å². The molecule has 3 atom stereocenters. The van der Waals surface area contributed by atoms with E-state index in [0.717, 1.165) is 0 Å². The van der Waals surface area contributed by atoms with Crippen LogP contribution in [0.25, 0.3) is 0 Å². The lowest BCUT2D eigenvalue weighted by Crippen LogP contribution is -2.49. The quantitative estimate of drug-likeness (QED) is 0.256. The minimum atomic E-state index is -5.19. The van der Waals surface area contributed by atoms with Gasteiger partial charge in [-0.3, -0.25) is 13.9 Å². The predicted octanol–water partition coefficient (Wildman–Crippen LogP) is -3.76. The number of hydrogen-bond acceptors (Lipinski definition) is 10. The molecule has 0 aliphatic rings. The second kappa shape index (κ2) is 7.34. The highest BCUT2D eigenvalue weighted by atomic mass is 32.3. The number of ketones is 1. The van der Waals surface area contributed by atoms with E-state index in [9.17, 15) is 26.7 Å². The minimum Gasteiger partial charge on any atom is -0.394 e. The summed E-state index contributed by atoms with van der Waals surface area (Å²) < 4.78 is 65.8. The van der Waals surface area contributed by atoms with E-state index in [1.54, 1.807) is 0 Å². The van der Waals surface area contributed by atoms with Gasteiger partial charge in [-0.25, -0.2) is 8.37 Å². The second-order valence-corrected chi connectivity index (χ2v) is 5.55. The number of aliphatic hydroxyl groups is 2. The maximum absolute atomic E-state index is 11.5. The fourth-order valence-corrected chi connectivity index (χ4v) is 1.77. The SMILES string of the molecule is N[C@@H](CO)C(=O)[C@@H](OS(=O)(=O)O)[C@H](O)COS(=O)(=O)O. The summed E-state index contributed by atoms with van der Waals surface area (Å²) in [6.45, 7) is -2.20. The van der Waals surface area contributed by atoms with Gasteiger partial charge in [0.15, 0.2) is 11.9 Å². The largest absolute Gasteiger partial charge is 0.398 e. The predicted molar refractivity (Wildman–Crippen MR) is 60.0 cm³/mol. The molecule has 0 unspecified atom stereocenters. The van der Waals surface area contributed by atoms with Gasteiger partial charge in [-0.1, -0.05) is 0 Å². The number of hydrogen-bond donors (Lipinski definition) is 5. The molecule has 0 rings (SSSR count). The molecule has 0 radical (unpaired) electrons. The van der Waals surface area contributed by atoms with Crippen LogP contribution in [0, 0.1) is 0 Å². The molecule has 0 aliphatic heterocycles. The molecule has 0 aromatic rings. The van der Waals surface area contributed by atoms with Gasteiger partial charge in [-0.15, -0.1) is 0 Å². The summed E-state index contributed by atoms with van der Waals surface area (Å²) in [5, 5.41) is 18.0. The Labute approximate surface area is 114 Å². The van der Waals surface area contributed by atoms with Crippen molar-refractivity contribution in [2.75, 3.05) is 13.2 Å². The topological polar surface area (TPSA) is 211 Å². The van der Waals surface area contributed by atoms with E-state index >= 15 is 0 Å². The van der Waals surface area contributed by atoms with E-state index in [1.165, 1.54) is 0 Å². The molecule has 14 heteroatoms. The smallest absolute Gasteiger partial charge is 0.394 e. The van der Waals surface area contributed by atoms with Crippen LogP contribution in [0.2, 0.25) is 0 Å². The Morgan fingerprint density at radius 3 is 2.00 bits per heavy atom. The average molecular weight is 339 g/mol. The molecule has 0 aromatic heterocycles. The lowest BCUT2D eigenvalue weighted by atomic mass is 10.0. The van der Waals surface area contributed by atoms with Gasteiger partial charge in [0.2, 0.25) is 0 Å². The fourth-order valence-electron chi connectivity index (χ4n) is 0.976. The highest BCUT2D eigenvalue weighted by molar-refractivity contribution is 7.81. The van der Waals surface area contributed by atoms with Crippen LogP contribution >= 0.6 is 0 Å². The number of aliphatic hydroxyl groups excluding tert-OH is 2. The van der Waals surface area contributed by atoms with Gasteiger partial charge in [0.1, 0.15) is 6.10 Å². The van der Waals surface area contributed by atoms with Crippen molar-refractivity contribution >= 4 is 26.6 Å². The molecule has 0 saturated heterocycles. The molecule has 0 saturated carbocycles. The molecule has 6 N–H and O–H groups in total. The number of carbonyl (C=O) groups is 1. The zero-order chi connectivity index (χ0) is 16.1. The van der Waals surface area contributed by atoms with Crippen molar-refractivity contribution in [2.24, 2.45) is 5.73 Å². The minimum absolute atomic E-state index is 0.934. The van der Waals surface area contributed by atoms with Crippen LogP contribution in [0.4, 0.5) is 0 Å². The van der Waals surface area contributed by atoms with Crippen LogP contribution in [-0.4, -0.2) is 73.4 Å². The number of Topliss-reactive ketones (excluding diaryl/α,β-unsaturated/α-hetero) is 1. The molecule has 0 fully saturated rings. The van der Waals surface area contributed by atoms with Crippen LogP contribution in [0.15, 0.2) is 0 Å². The summed E-state index contributed by atoms with van der Waals surface area (Å²) >= 11 is 0. The summed E-state index contributed by atoms with van der Waals surface area (Å²) in [4.78, 5) is 11.5. The van der Waals surface area contributed by atoms with Crippen molar-refractivity contribution in [2.45, 2.75) is 18.2 Å². The zero-order valence-electron chi connectivity index (χ0n) is 9.69. The first-order valence-corrected chi connectivity index (χ1v) is 7.46. The summed E-state index contributed by atoms with van der Waals surface area (Å²) in [5.41, 5.74) is 5.08. The third kappa shape index (κ3) is 7.78. The number of nitrogens with two attached hydrogens (primary N) is 1. The molecule has 0 spiro atoms. The standard InChI is InChI=1S/C6H13NO11S2/c7-3(1-8)5(10)6(18-20(14,15)16)4(9)2-17-19(11,12)13/h3-4,6,8-9H,1-2,7H2,(H,11,12,13)(H,14,15,16)/t3-,4+,6-/m0/s1. The van der Waals surface area contributed by atoms with Crippen molar-refractivity contribution in [3.8, 4) is 0 Å². The van der Waals surface area contributed by atoms with E-state index < -0.39 is 58.0 Å². The fraction of sp³-hybridized carbons (Fsp3) is 0.833. The van der Waals surface area contributed by atoms with Crippen molar-refractivity contribution < 1.29 is 49.3 Å². The molecule has 20 heavy (non-hydrogen) atoms. The molecule has 12 nitrogen and oxygen atoms in total. The average Bonchev–Trinajstić information content (AvgIpc) is 2.29. The van der Waals surface area contributed by atoms with Crippen LogP contribution in [0.5, 0.6) is 0 Å². The van der Waals surface area contributed by atoms with E-state index in [0.29, 0.717) is 0 Å². The van der Waals surface area contributed by atoms with E-state index in [2.05, 4.69) is 8.37 Å². The van der Waals surface area contributed by atoms with Gasteiger partial charge in [0.05, 0.1) is 19.3 Å². The van der Waals surface area contributed by atoms with Crippen molar-refractivity contribution in [1.29, 1.82) is 0 Å². The van der Waals surface area contributed by atoms with Crippen molar-refractivity contribution in [3.63, 3.8) is 0 Å². The van der Waals surface area contributed by atoms with Crippen molar-refractivity contribution in [3.05, 3.63) is 0 Å². The third-order valence-electron chi connectivity index (χ3n) is 1.81. The lowest BCUT2D eigenvalue weighted by Gasteiger charge is -2.21. The molecule has 120 valence electrons. The van der Waals surface area contributed by atoms with E-state index in [4.69, 9.17) is 19.9 Å². The first-order valence-electron chi connectivity index (χ1n) is 4.73. The van der Waals surface area contributed by atoms with E-state index in [-0.39, 0.29) is 0 Å². The van der Waals surface area contributed by atoms with Gasteiger partial charge in [-0.05, 0) is 0 Å². The Bertz CT molecular complexity index is 525. The summed E-state index contributed by atoms with van der Waals surface area (Å²) in [5.74, 6) is -1.35. The highest BCUT2D eigenvalue weighted by Crippen LogP contribution is 2.09. The molecule has 0 aromatic carbocycles. The van der Waals surface area contributed by atoms with Gasteiger partial charge < -0.3 is 15.9 Å². The molecule has 0 amide bonds. The molecule has 0 heterocycles. The summed E-state index contributed by atoms with van der Waals surface area (Å²) in [6, 6.07) is -1.66. The monoisotopic (exact) mass is 339 g/mol. The summed E-state index contributed by atoms with van der Waals surface area (Å²) in [7, 11) is -10.2.